The van der Waals surface area contributed by atoms with Gasteiger partial charge in [-0.25, -0.2) is 0 Å². The van der Waals surface area contributed by atoms with E-state index in [1.54, 1.807) is 6.07 Å². The number of hydrogen-bond donors (Lipinski definition) is 3. The molecule has 5 rings (SSSR count). The molecule has 0 bridgehead atoms. The predicted molar refractivity (Wildman–Crippen MR) is 130 cm³/mol. The number of aromatic nitrogens is 1. The summed E-state index contributed by atoms with van der Waals surface area (Å²) in [7, 11) is 0. The number of aromatic amines is 1. The highest BCUT2D eigenvalue weighted by Gasteiger charge is 2.19. The second-order valence-corrected chi connectivity index (χ2v) is 8.97. The molecule has 2 aromatic carbocycles. The second-order valence-electron chi connectivity index (χ2n) is 8.97. The molecule has 7 nitrogen and oxygen atoms in total. The van der Waals surface area contributed by atoms with E-state index in [1.807, 2.05) is 18.2 Å². The maximum absolute atomic E-state index is 12.6. The molecule has 172 valence electrons. The molecule has 3 aromatic rings. The number of amides is 2. The number of fused-ring (bicyclic) bond motifs is 3. The molecule has 1 saturated heterocycles. The second kappa shape index (κ2) is 9.67. The molecule has 1 aliphatic carbocycles. The van der Waals surface area contributed by atoms with Crippen LogP contribution in [0, 0.1) is 0 Å². The van der Waals surface area contributed by atoms with Crippen LogP contribution in [-0.2, 0) is 17.6 Å². The molecular formula is C26H31N5O2. The molecule has 7 heteroatoms. The molecule has 3 N–H and O–H groups in total. The Balaban J connectivity index is 1.08. The van der Waals surface area contributed by atoms with Crippen molar-refractivity contribution in [3.63, 3.8) is 0 Å². The van der Waals surface area contributed by atoms with Crippen molar-refractivity contribution in [3.8, 4) is 0 Å². The Morgan fingerprint density at radius 3 is 2.52 bits per heavy atom. The number of H-pyrrole nitrogens is 1. The minimum atomic E-state index is -0.285. The minimum Gasteiger partial charge on any atom is -0.369 e. The van der Waals surface area contributed by atoms with Crippen LogP contribution < -0.4 is 15.8 Å². The van der Waals surface area contributed by atoms with Gasteiger partial charge in [-0.05, 0) is 61.6 Å². The number of nitrogens with one attached hydrogen (secondary N) is 3. The molecule has 0 spiro atoms. The van der Waals surface area contributed by atoms with Crippen molar-refractivity contribution in [1.82, 2.24) is 20.7 Å². The van der Waals surface area contributed by atoms with E-state index in [2.05, 4.69) is 49.9 Å². The van der Waals surface area contributed by atoms with E-state index < -0.39 is 0 Å². The zero-order chi connectivity index (χ0) is 22.6. The van der Waals surface area contributed by atoms with Gasteiger partial charge in [-0.1, -0.05) is 18.2 Å². The fourth-order valence-corrected chi connectivity index (χ4v) is 4.94. The number of carbonyl (C=O) groups excluding carboxylic acids is 2. The van der Waals surface area contributed by atoms with Crippen LogP contribution >= 0.6 is 0 Å². The quantitative estimate of drug-likeness (QED) is 0.528. The Morgan fingerprint density at radius 1 is 0.909 bits per heavy atom. The summed E-state index contributed by atoms with van der Waals surface area (Å²) in [5, 5.41) is 1.12. The first-order chi connectivity index (χ1) is 16.2. The standard InChI is InChI=1S/C26H31N5O2/c32-25(12-13-30-14-16-31(17-15-30)20-6-2-1-3-7-20)28-29-26(33)19-10-11-24-22(18-19)21-8-4-5-9-23(21)27-24/h1-3,6-7,10-11,18,27H,4-5,8-9,12-17H2,(H,28,32)(H,29,33). The molecule has 33 heavy (non-hydrogen) atoms. The first kappa shape index (κ1) is 21.5. The number of anilines is 1. The summed E-state index contributed by atoms with van der Waals surface area (Å²) in [6, 6.07) is 16.1. The molecule has 0 saturated carbocycles. The van der Waals surface area contributed by atoms with Gasteiger partial charge in [0.15, 0.2) is 0 Å². The molecule has 2 amide bonds. The van der Waals surface area contributed by atoms with Crippen LogP contribution in [0.2, 0.25) is 0 Å². The maximum atomic E-state index is 12.6. The van der Waals surface area contributed by atoms with Gasteiger partial charge in [-0.2, -0.15) is 0 Å². The lowest BCUT2D eigenvalue weighted by Gasteiger charge is -2.36. The number of para-hydroxylation sites is 1. The Bertz CT molecular complexity index is 1130. The van der Waals surface area contributed by atoms with Gasteiger partial charge < -0.3 is 9.88 Å². The van der Waals surface area contributed by atoms with E-state index in [9.17, 15) is 9.59 Å². The number of aryl methyl sites for hydroxylation is 2. The van der Waals surface area contributed by atoms with Crippen LogP contribution in [0.5, 0.6) is 0 Å². The SMILES string of the molecule is O=C(CCN1CCN(c2ccccc2)CC1)NNC(=O)c1ccc2[nH]c3c(c2c1)CCCC3. The van der Waals surface area contributed by atoms with Gasteiger partial charge in [0, 0.05) is 67.0 Å². The molecule has 1 aliphatic heterocycles. The normalized spacial score (nSPS) is 16.4. The summed E-state index contributed by atoms with van der Waals surface area (Å²) in [5.41, 5.74) is 10.7. The van der Waals surface area contributed by atoms with E-state index in [-0.39, 0.29) is 11.8 Å². The van der Waals surface area contributed by atoms with Crippen LogP contribution in [0.4, 0.5) is 5.69 Å². The number of hydrazine groups is 1. The smallest absolute Gasteiger partial charge is 0.269 e. The highest BCUT2D eigenvalue weighted by atomic mass is 16.2. The molecule has 0 radical (unpaired) electrons. The van der Waals surface area contributed by atoms with Crippen molar-refractivity contribution in [2.45, 2.75) is 32.1 Å². The van der Waals surface area contributed by atoms with Crippen molar-refractivity contribution in [2.24, 2.45) is 0 Å². The Labute approximate surface area is 194 Å². The van der Waals surface area contributed by atoms with Gasteiger partial charge in [-0.15, -0.1) is 0 Å². The number of rotatable bonds is 5. The average Bonchev–Trinajstić information content (AvgIpc) is 3.25. The molecule has 2 heterocycles. The van der Waals surface area contributed by atoms with Crippen molar-refractivity contribution < 1.29 is 9.59 Å². The van der Waals surface area contributed by atoms with Crippen LogP contribution in [0.3, 0.4) is 0 Å². The van der Waals surface area contributed by atoms with Gasteiger partial charge >= 0.3 is 0 Å². The third kappa shape index (κ3) is 4.88. The molecule has 1 fully saturated rings. The number of hydrogen-bond acceptors (Lipinski definition) is 4. The summed E-state index contributed by atoms with van der Waals surface area (Å²) in [6.45, 7) is 4.44. The van der Waals surface area contributed by atoms with Gasteiger partial charge in [0.05, 0.1) is 0 Å². The van der Waals surface area contributed by atoms with Crippen LogP contribution in [0.15, 0.2) is 48.5 Å². The Kier molecular flexibility index (Phi) is 6.30. The van der Waals surface area contributed by atoms with E-state index in [1.165, 1.54) is 29.8 Å². The maximum Gasteiger partial charge on any atom is 0.269 e. The van der Waals surface area contributed by atoms with Crippen LogP contribution in [0.1, 0.15) is 40.9 Å². The average molecular weight is 446 g/mol. The molecule has 2 aliphatic rings. The van der Waals surface area contributed by atoms with Crippen LogP contribution in [-0.4, -0.2) is 54.4 Å². The Morgan fingerprint density at radius 2 is 1.70 bits per heavy atom. The van der Waals surface area contributed by atoms with E-state index in [0.29, 0.717) is 18.5 Å². The summed E-state index contributed by atoms with van der Waals surface area (Å²) >= 11 is 0. The third-order valence-corrected chi connectivity index (χ3v) is 6.82. The van der Waals surface area contributed by atoms with Gasteiger partial charge in [0.1, 0.15) is 0 Å². The van der Waals surface area contributed by atoms with Crippen molar-refractivity contribution in [1.29, 1.82) is 0 Å². The molecule has 1 aromatic heterocycles. The number of carbonyl (C=O) groups is 2. The fourth-order valence-electron chi connectivity index (χ4n) is 4.94. The monoisotopic (exact) mass is 445 g/mol. The lowest BCUT2D eigenvalue weighted by atomic mass is 9.95. The van der Waals surface area contributed by atoms with Crippen molar-refractivity contribution >= 4 is 28.4 Å². The summed E-state index contributed by atoms with van der Waals surface area (Å²) in [4.78, 5) is 33.1. The van der Waals surface area contributed by atoms with E-state index >= 15 is 0 Å². The molecule has 0 unspecified atom stereocenters. The van der Waals surface area contributed by atoms with Crippen LogP contribution in [0.25, 0.3) is 10.9 Å². The number of benzene rings is 2. The van der Waals surface area contributed by atoms with E-state index in [0.717, 1.165) is 49.9 Å². The fraction of sp³-hybridized carbons (Fsp3) is 0.385. The lowest BCUT2D eigenvalue weighted by Crippen LogP contribution is -2.48. The summed E-state index contributed by atoms with van der Waals surface area (Å²) in [5.74, 6) is -0.457. The van der Waals surface area contributed by atoms with Gasteiger partial charge in [0.2, 0.25) is 5.91 Å². The van der Waals surface area contributed by atoms with Gasteiger partial charge in [-0.3, -0.25) is 25.3 Å². The summed E-state index contributed by atoms with van der Waals surface area (Å²) < 4.78 is 0. The Hall–Kier alpha value is -3.32. The van der Waals surface area contributed by atoms with Crippen molar-refractivity contribution in [2.75, 3.05) is 37.6 Å². The molecule has 0 atom stereocenters. The number of piperazine rings is 1. The summed E-state index contributed by atoms with van der Waals surface area (Å²) in [6.07, 6.45) is 4.88. The zero-order valence-electron chi connectivity index (χ0n) is 18.9. The van der Waals surface area contributed by atoms with E-state index in [4.69, 9.17) is 0 Å². The largest absolute Gasteiger partial charge is 0.369 e. The first-order valence-corrected chi connectivity index (χ1v) is 11.9. The minimum absolute atomic E-state index is 0.172. The first-order valence-electron chi connectivity index (χ1n) is 11.9. The van der Waals surface area contributed by atoms with Gasteiger partial charge in [0.25, 0.3) is 5.91 Å². The highest BCUT2D eigenvalue weighted by Crippen LogP contribution is 2.29. The zero-order valence-corrected chi connectivity index (χ0v) is 18.9. The lowest BCUT2D eigenvalue weighted by molar-refractivity contribution is -0.122. The topological polar surface area (TPSA) is 80.5 Å². The molecular weight excluding hydrogens is 414 g/mol. The number of nitrogens with zero attached hydrogens (tertiary/aromatic N) is 2. The highest BCUT2D eigenvalue weighted by molar-refractivity contribution is 5.99. The third-order valence-electron chi connectivity index (χ3n) is 6.82. The van der Waals surface area contributed by atoms with Crippen molar-refractivity contribution in [3.05, 3.63) is 65.4 Å². The predicted octanol–water partition coefficient (Wildman–Crippen LogP) is 3.02.